The van der Waals surface area contributed by atoms with E-state index in [1.165, 1.54) is 0 Å². The number of carbonyl (C=O) groups excluding carboxylic acids is 1. The van der Waals surface area contributed by atoms with Crippen LogP contribution in [0.4, 0.5) is 5.69 Å². The molecule has 0 aliphatic carbocycles. The normalized spacial score (nSPS) is 11.3. The fourth-order valence-corrected chi connectivity index (χ4v) is 2.61. The maximum atomic E-state index is 12.2. The van der Waals surface area contributed by atoms with Gasteiger partial charge in [-0.1, -0.05) is 6.07 Å². The molecule has 0 radical (unpaired) electrons. The first-order chi connectivity index (χ1) is 8.88. The zero-order valence-electron chi connectivity index (χ0n) is 11.2. The number of thiazole rings is 1. The van der Waals surface area contributed by atoms with E-state index in [9.17, 15) is 4.79 Å². The minimum atomic E-state index is -0.499. The molecular formula is C14H17N3OS. The molecule has 1 aromatic carbocycles. The number of hydrogen-bond acceptors (Lipinski definition) is 4. The summed E-state index contributed by atoms with van der Waals surface area (Å²) in [6.07, 6.45) is 0. The number of carbonyl (C=O) groups is 1. The summed E-state index contributed by atoms with van der Waals surface area (Å²) in [5.41, 5.74) is 7.29. The second kappa shape index (κ2) is 5.01. The summed E-state index contributed by atoms with van der Waals surface area (Å²) in [5.74, 6) is -0.148. The highest BCUT2D eigenvalue weighted by molar-refractivity contribution is 7.09. The second-order valence-electron chi connectivity index (χ2n) is 5.00. The smallest absolute Gasteiger partial charge is 0.252 e. The first-order valence-electron chi connectivity index (χ1n) is 5.99. The standard InChI is InChI=1S/C14H17N3OS/c1-9-8-19-13(16-9)14(2,3)17-12(18)10-5-4-6-11(15)7-10/h4-8H,15H2,1-3H3,(H,17,18). The van der Waals surface area contributed by atoms with Crippen molar-refractivity contribution in [3.63, 3.8) is 0 Å². The van der Waals surface area contributed by atoms with Gasteiger partial charge >= 0.3 is 0 Å². The number of nitrogen functional groups attached to an aromatic ring is 1. The summed E-state index contributed by atoms with van der Waals surface area (Å²) in [5, 5.41) is 5.85. The van der Waals surface area contributed by atoms with Crippen molar-refractivity contribution in [2.24, 2.45) is 0 Å². The molecular weight excluding hydrogens is 258 g/mol. The quantitative estimate of drug-likeness (QED) is 0.846. The maximum absolute atomic E-state index is 12.2. The predicted octanol–water partition coefficient (Wildman–Crippen LogP) is 2.70. The van der Waals surface area contributed by atoms with Crippen molar-refractivity contribution in [1.82, 2.24) is 10.3 Å². The van der Waals surface area contributed by atoms with Gasteiger partial charge < -0.3 is 11.1 Å². The number of nitrogens with two attached hydrogens (primary N) is 1. The lowest BCUT2D eigenvalue weighted by atomic mass is 10.1. The van der Waals surface area contributed by atoms with Crippen molar-refractivity contribution in [3.05, 3.63) is 45.9 Å². The third-order valence-electron chi connectivity index (χ3n) is 2.73. The Bertz CT molecular complexity index is 604. The summed E-state index contributed by atoms with van der Waals surface area (Å²) >= 11 is 1.55. The van der Waals surface area contributed by atoms with Crippen LogP contribution < -0.4 is 11.1 Å². The van der Waals surface area contributed by atoms with Crippen molar-refractivity contribution in [2.45, 2.75) is 26.3 Å². The maximum Gasteiger partial charge on any atom is 0.252 e. The van der Waals surface area contributed by atoms with Crippen LogP contribution in [0, 0.1) is 6.92 Å². The monoisotopic (exact) mass is 275 g/mol. The molecule has 0 unspecified atom stereocenters. The summed E-state index contributed by atoms with van der Waals surface area (Å²) in [7, 11) is 0. The van der Waals surface area contributed by atoms with E-state index in [0.29, 0.717) is 11.3 Å². The van der Waals surface area contributed by atoms with Gasteiger partial charge in [0.05, 0.1) is 5.54 Å². The fraction of sp³-hybridized carbons (Fsp3) is 0.286. The molecule has 0 saturated carbocycles. The van der Waals surface area contributed by atoms with Gasteiger partial charge in [-0.25, -0.2) is 4.98 Å². The predicted molar refractivity (Wildman–Crippen MR) is 78.2 cm³/mol. The molecule has 2 aromatic rings. The lowest BCUT2D eigenvalue weighted by molar-refractivity contribution is 0.0912. The molecule has 19 heavy (non-hydrogen) atoms. The SMILES string of the molecule is Cc1csc(C(C)(C)NC(=O)c2cccc(N)c2)n1. The summed E-state index contributed by atoms with van der Waals surface area (Å²) in [6, 6.07) is 6.93. The molecule has 1 heterocycles. The molecule has 2 rings (SSSR count). The number of nitrogens with one attached hydrogen (secondary N) is 1. The zero-order chi connectivity index (χ0) is 14.0. The van der Waals surface area contributed by atoms with Crippen LogP contribution in [0.15, 0.2) is 29.6 Å². The molecule has 1 amide bonds. The molecule has 0 atom stereocenters. The Morgan fingerprint density at radius 2 is 2.16 bits per heavy atom. The molecule has 0 bridgehead atoms. The summed E-state index contributed by atoms with van der Waals surface area (Å²) in [6.45, 7) is 5.82. The number of rotatable bonds is 3. The van der Waals surface area contributed by atoms with E-state index in [0.717, 1.165) is 10.7 Å². The minimum absolute atomic E-state index is 0.148. The highest BCUT2D eigenvalue weighted by Crippen LogP contribution is 2.24. The number of benzene rings is 1. The van der Waals surface area contributed by atoms with Crippen LogP contribution in [-0.4, -0.2) is 10.9 Å². The number of amides is 1. The van der Waals surface area contributed by atoms with Crippen molar-refractivity contribution in [1.29, 1.82) is 0 Å². The van der Waals surface area contributed by atoms with Crippen LogP contribution in [0.2, 0.25) is 0 Å². The number of hydrogen-bond donors (Lipinski definition) is 2. The lowest BCUT2D eigenvalue weighted by Gasteiger charge is -2.24. The third kappa shape index (κ3) is 3.12. The molecule has 1 aromatic heterocycles. The van der Waals surface area contributed by atoms with Crippen LogP contribution in [0.1, 0.15) is 34.9 Å². The Kier molecular flexibility index (Phi) is 3.57. The summed E-state index contributed by atoms with van der Waals surface area (Å²) < 4.78 is 0. The van der Waals surface area contributed by atoms with Crippen LogP contribution >= 0.6 is 11.3 Å². The van der Waals surface area contributed by atoms with Crippen molar-refractivity contribution >= 4 is 22.9 Å². The van der Waals surface area contributed by atoms with Gasteiger partial charge in [-0.05, 0) is 39.0 Å². The van der Waals surface area contributed by atoms with Crippen molar-refractivity contribution in [3.8, 4) is 0 Å². The first kappa shape index (κ1) is 13.5. The van der Waals surface area contributed by atoms with E-state index in [1.54, 1.807) is 35.6 Å². The highest BCUT2D eigenvalue weighted by atomic mass is 32.1. The average Bonchev–Trinajstić information content (AvgIpc) is 2.76. The molecule has 0 fully saturated rings. The van der Waals surface area contributed by atoms with E-state index in [2.05, 4.69) is 10.3 Å². The number of aromatic nitrogens is 1. The van der Waals surface area contributed by atoms with E-state index in [-0.39, 0.29) is 5.91 Å². The molecule has 4 nitrogen and oxygen atoms in total. The number of aryl methyl sites for hydroxylation is 1. The van der Waals surface area contributed by atoms with E-state index >= 15 is 0 Å². The third-order valence-corrected chi connectivity index (χ3v) is 4.01. The Morgan fingerprint density at radius 1 is 1.42 bits per heavy atom. The first-order valence-corrected chi connectivity index (χ1v) is 6.87. The Hall–Kier alpha value is -1.88. The molecule has 0 aliphatic rings. The molecule has 5 heteroatoms. The van der Waals surface area contributed by atoms with E-state index in [1.807, 2.05) is 26.2 Å². The average molecular weight is 275 g/mol. The van der Waals surface area contributed by atoms with Crippen LogP contribution in [0.25, 0.3) is 0 Å². The van der Waals surface area contributed by atoms with E-state index < -0.39 is 5.54 Å². The topological polar surface area (TPSA) is 68.0 Å². The Labute approximate surface area is 116 Å². The van der Waals surface area contributed by atoms with Gasteiger partial charge in [0, 0.05) is 22.3 Å². The molecule has 0 saturated heterocycles. The van der Waals surface area contributed by atoms with Crippen LogP contribution in [-0.2, 0) is 5.54 Å². The zero-order valence-corrected chi connectivity index (χ0v) is 12.0. The van der Waals surface area contributed by atoms with Gasteiger partial charge in [-0.15, -0.1) is 11.3 Å². The highest BCUT2D eigenvalue weighted by Gasteiger charge is 2.26. The largest absolute Gasteiger partial charge is 0.399 e. The minimum Gasteiger partial charge on any atom is -0.399 e. The number of anilines is 1. The summed E-state index contributed by atoms with van der Waals surface area (Å²) in [4.78, 5) is 16.6. The fourth-order valence-electron chi connectivity index (χ4n) is 1.73. The van der Waals surface area contributed by atoms with Gasteiger partial charge in [-0.3, -0.25) is 4.79 Å². The van der Waals surface area contributed by atoms with Gasteiger partial charge in [0.2, 0.25) is 0 Å². The lowest BCUT2D eigenvalue weighted by Crippen LogP contribution is -2.41. The van der Waals surface area contributed by atoms with Crippen molar-refractivity contribution in [2.75, 3.05) is 5.73 Å². The molecule has 100 valence electrons. The Morgan fingerprint density at radius 3 is 2.74 bits per heavy atom. The molecule has 3 N–H and O–H groups in total. The second-order valence-corrected chi connectivity index (χ2v) is 5.86. The van der Waals surface area contributed by atoms with Gasteiger partial charge in [0.1, 0.15) is 5.01 Å². The molecule has 0 aliphatic heterocycles. The van der Waals surface area contributed by atoms with Gasteiger partial charge in [-0.2, -0.15) is 0 Å². The van der Waals surface area contributed by atoms with Crippen LogP contribution in [0.5, 0.6) is 0 Å². The van der Waals surface area contributed by atoms with Gasteiger partial charge in [0.15, 0.2) is 0 Å². The van der Waals surface area contributed by atoms with Gasteiger partial charge in [0.25, 0.3) is 5.91 Å². The van der Waals surface area contributed by atoms with E-state index in [4.69, 9.17) is 5.73 Å². The number of nitrogens with zero attached hydrogens (tertiary/aromatic N) is 1. The Balaban J connectivity index is 2.18. The molecule has 0 spiro atoms. The van der Waals surface area contributed by atoms with Crippen LogP contribution in [0.3, 0.4) is 0 Å². The van der Waals surface area contributed by atoms with Crippen molar-refractivity contribution < 1.29 is 4.79 Å².